The molecular formula is C39H75NO3. The van der Waals surface area contributed by atoms with Crippen molar-refractivity contribution in [3.63, 3.8) is 0 Å². The lowest BCUT2D eigenvalue weighted by molar-refractivity contribution is -0.123. The van der Waals surface area contributed by atoms with Gasteiger partial charge in [-0.3, -0.25) is 4.79 Å². The van der Waals surface area contributed by atoms with Crippen molar-refractivity contribution in [3.05, 3.63) is 24.3 Å². The first-order valence-corrected chi connectivity index (χ1v) is 19.1. The first-order valence-electron chi connectivity index (χ1n) is 19.1. The third-order valence-electron chi connectivity index (χ3n) is 8.68. The van der Waals surface area contributed by atoms with Crippen molar-refractivity contribution < 1.29 is 15.0 Å². The molecule has 0 radical (unpaired) electrons. The van der Waals surface area contributed by atoms with Gasteiger partial charge in [0.2, 0.25) is 5.91 Å². The fraction of sp³-hybridized carbons (Fsp3) is 0.872. The van der Waals surface area contributed by atoms with Crippen LogP contribution in [0.5, 0.6) is 0 Å². The Bertz CT molecular complexity index is 618. The predicted molar refractivity (Wildman–Crippen MR) is 189 cm³/mol. The maximum atomic E-state index is 12.3. The number of allylic oxidation sites excluding steroid dienone is 3. The van der Waals surface area contributed by atoms with Crippen LogP contribution in [-0.2, 0) is 4.79 Å². The van der Waals surface area contributed by atoms with Crippen LogP contribution in [0, 0.1) is 0 Å². The third-order valence-corrected chi connectivity index (χ3v) is 8.68. The van der Waals surface area contributed by atoms with Crippen molar-refractivity contribution in [2.24, 2.45) is 0 Å². The Morgan fingerprint density at radius 1 is 0.535 bits per heavy atom. The Labute approximate surface area is 269 Å². The van der Waals surface area contributed by atoms with Crippen molar-refractivity contribution in [2.45, 2.75) is 212 Å². The van der Waals surface area contributed by atoms with Gasteiger partial charge in [-0.05, 0) is 44.9 Å². The Kier molecular flexibility index (Phi) is 34.4. The molecule has 0 rings (SSSR count). The highest BCUT2D eigenvalue weighted by atomic mass is 16.3. The van der Waals surface area contributed by atoms with Gasteiger partial charge in [0.25, 0.3) is 0 Å². The van der Waals surface area contributed by atoms with Crippen molar-refractivity contribution in [1.29, 1.82) is 0 Å². The zero-order chi connectivity index (χ0) is 31.5. The highest BCUT2D eigenvalue weighted by Gasteiger charge is 2.17. The lowest BCUT2D eigenvalue weighted by atomic mass is 10.0. The van der Waals surface area contributed by atoms with E-state index in [2.05, 4.69) is 31.3 Å². The second kappa shape index (κ2) is 35.4. The summed E-state index contributed by atoms with van der Waals surface area (Å²) in [5.74, 6) is -0.0693. The largest absolute Gasteiger partial charge is 0.394 e. The zero-order valence-electron chi connectivity index (χ0n) is 29.0. The average molecular weight is 606 g/mol. The van der Waals surface area contributed by atoms with E-state index in [4.69, 9.17) is 0 Å². The Balaban J connectivity index is 3.61. The summed E-state index contributed by atoms with van der Waals surface area (Å²) in [6, 6.07) is -0.620. The van der Waals surface area contributed by atoms with E-state index in [0.29, 0.717) is 6.42 Å². The highest BCUT2D eigenvalue weighted by molar-refractivity contribution is 5.76. The van der Waals surface area contributed by atoms with E-state index in [0.717, 1.165) is 25.7 Å². The Morgan fingerprint density at radius 2 is 0.884 bits per heavy atom. The number of rotatable bonds is 34. The molecule has 254 valence electrons. The highest BCUT2D eigenvalue weighted by Crippen LogP contribution is 2.14. The van der Waals surface area contributed by atoms with Gasteiger partial charge in [-0.1, -0.05) is 173 Å². The van der Waals surface area contributed by atoms with Gasteiger partial charge in [-0.15, -0.1) is 0 Å². The summed E-state index contributed by atoms with van der Waals surface area (Å²) in [4.78, 5) is 12.3. The van der Waals surface area contributed by atoms with Crippen LogP contribution in [-0.4, -0.2) is 34.9 Å². The summed E-state index contributed by atoms with van der Waals surface area (Å²) in [7, 11) is 0. The van der Waals surface area contributed by atoms with E-state index in [1.54, 1.807) is 6.08 Å². The Morgan fingerprint density at radius 3 is 1.28 bits per heavy atom. The molecule has 4 heteroatoms. The van der Waals surface area contributed by atoms with E-state index in [-0.39, 0.29) is 12.5 Å². The molecule has 0 saturated heterocycles. The first-order chi connectivity index (χ1) is 21.2. The number of carbonyl (C=O) groups is 1. The third kappa shape index (κ3) is 32.1. The second-order valence-corrected chi connectivity index (χ2v) is 13.0. The van der Waals surface area contributed by atoms with E-state index in [9.17, 15) is 15.0 Å². The number of nitrogens with one attached hydrogen (secondary N) is 1. The monoisotopic (exact) mass is 606 g/mol. The molecule has 0 aromatic heterocycles. The second-order valence-electron chi connectivity index (χ2n) is 13.0. The van der Waals surface area contributed by atoms with Crippen LogP contribution in [0.25, 0.3) is 0 Å². The summed E-state index contributed by atoms with van der Waals surface area (Å²) in [5.41, 5.74) is 0. The summed E-state index contributed by atoms with van der Waals surface area (Å²) in [5, 5.41) is 22.9. The number of hydrogen-bond acceptors (Lipinski definition) is 3. The van der Waals surface area contributed by atoms with Gasteiger partial charge in [0.1, 0.15) is 0 Å². The summed E-state index contributed by atoms with van der Waals surface area (Å²) in [6.07, 6.45) is 44.0. The maximum Gasteiger partial charge on any atom is 0.220 e. The van der Waals surface area contributed by atoms with Crippen LogP contribution in [0.2, 0.25) is 0 Å². The molecule has 0 aliphatic rings. The van der Waals surface area contributed by atoms with Crippen LogP contribution >= 0.6 is 0 Å². The molecule has 2 unspecified atom stereocenters. The number of hydrogen-bond donors (Lipinski definition) is 3. The van der Waals surface area contributed by atoms with Crippen LogP contribution in [0.3, 0.4) is 0 Å². The molecule has 0 aromatic carbocycles. The SMILES string of the molecule is CCCCCCCC/C=C\CCCCCCCCCC(=O)NC(CO)C(O)/C=C/CCCCCCCCCCCCCC. The predicted octanol–water partition coefficient (Wildman–Crippen LogP) is 11.3. The molecule has 0 fully saturated rings. The minimum absolute atomic E-state index is 0.0693. The summed E-state index contributed by atoms with van der Waals surface area (Å²) in [6.45, 7) is 4.29. The van der Waals surface area contributed by atoms with E-state index in [1.165, 1.54) is 154 Å². The normalized spacial score (nSPS) is 13.3. The van der Waals surface area contributed by atoms with Crippen molar-refractivity contribution in [1.82, 2.24) is 5.32 Å². The molecule has 0 aromatic rings. The number of carbonyl (C=O) groups excluding carboxylic acids is 1. The maximum absolute atomic E-state index is 12.3. The van der Waals surface area contributed by atoms with E-state index < -0.39 is 12.1 Å². The van der Waals surface area contributed by atoms with Gasteiger partial charge in [0.15, 0.2) is 0 Å². The molecule has 0 aliphatic carbocycles. The van der Waals surface area contributed by atoms with Crippen LogP contribution in [0.1, 0.15) is 200 Å². The molecule has 0 bridgehead atoms. The Hall–Kier alpha value is -1.13. The number of amides is 1. The van der Waals surface area contributed by atoms with Crippen molar-refractivity contribution in [3.8, 4) is 0 Å². The van der Waals surface area contributed by atoms with Crippen molar-refractivity contribution >= 4 is 5.91 Å². The van der Waals surface area contributed by atoms with Gasteiger partial charge < -0.3 is 15.5 Å². The van der Waals surface area contributed by atoms with Crippen LogP contribution < -0.4 is 5.32 Å². The fourth-order valence-electron chi connectivity index (χ4n) is 5.70. The van der Waals surface area contributed by atoms with Gasteiger partial charge >= 0.3 is 0 Å². The molecular weight excluding hydrogens is 530 g/mol. The van der Waals surface area contributed by atoms with Gasteiger partial charge in [0, 0.05) is 6.42 Å². The summed E-state index contributed by atoms with van der Waals surface area (Å²) >= 11 is 0. The molecule has 3 N–H and O–H groups in total. The number of aliphatic hydroxyl groups excluding tert-OH is 2. The lowest BCUT2D eigenvalue weighted by Gasteiger charge is -2.20. The van der Waals surface area contributed by atoms with Gasteiger partial charge in [-0.2, -0.15) is 0 Å². The minimum atomic E-state index is -0.836. The molecule has 4 nitrogen and oxygen atoms in total. The quantitative estimate of drug-likeness (QED) is 0.0505. The molecule has 0 aliphatic heterocycles. The molecule has 2 atom stereocenters. The molecule has 0 heterocycles. The van der Waals surface area contributed by atoms with Crippen LogP contribution in [0.15, 0.2) is 24.3 Å². The molecule has 1 amide bonds. The topological polar surface area (TPSA) is 69.6 Å². The minimum Gasteiger partial charge on any atom is -0.394 e. The lowest BCUT2D eigenvalue weighted by Crippen LogP contribution is -2.45. The molecule has 0 spiro atoms. The zero-order valence-corrected chi connectivity index (χ0v) is 29.0. The smallest absolute Gasteiger partial charge is 0.220 e. The van der Waals surface area contributed by atoms with Gasteiger partial charge in [-0.25, -0.2) is 0 Å². The summed E-state index contributed by atoms with van der Waals surface area (Å²) < 4.78 is 0. The molecule has 0 saturated carbocycles. The molecule has 43 heavy (non-hydrogen) atoms. The number of unbranched alkanes of at least 4 members (excludes halogenated alkanes) is 25. The fourth-order valence-corrected chi connectivity index (χ4v) is 5.70. The van der Waals surface area contributed by atoms with Crippen molar-refractivity contribution in [2.75, 3.05) is 6.61 Å². The standard InChI is InChI=1S/C39H75NO3/c1-3-5-7-9-11-13-15-17-19-20-21-23-25-27-29-31-33-35-39(43)40-37(36-41)38(42)34-32-30-28-26-24-22-18-16-14-12-10-8-6-4-2/h17,19,32,34,37-38,41-42H,3-16,18,20-31,33,35-36H2,1-2H3,(H,40,43)/b19-17-,34-32+. The average Bonchev–Trinajstić information content (AvgIpc) is 3.01. The van der Waals surface area contributed by atoms with E-state index in [1.807, 2.05) is 6.08 Å². The van der Waals surface area contributed by atoms with Crippen LogP contribution in [0.4, 0.5) is 0 Å². The first kappa shape index (κ1) is 41.9. The van der Waals surface area contributed by atoms with E-state index >= 15 is 0 Å². The number of aliphatic hydroxyl groups is 2. The van der Waals surface area contributed by atoms with Gasteiger partial charge in [0.05, 0.1) is 18.8 Å².